The predicted octanol–water partition coefficient (Wildman–Crippen LogP) is 3.10. The molecule has 1 aliphatic rings. The summed E-state index contributed by atoms with van der Waals surface area (Å²) in [6.45, 7) is 6.99. The topological polar surface area (TPSA) is 89.9 Å². The van der Waals surface area contributed by atoms with E-state index in [9.17, 15) is 14.7 Å². The van der Waals surface area contributed by atoms with Crippen LogP contribution < -0.4 is 5.32 Å². The van der Waals surface area contributed by atoms with Crippen molar-refractivity contribution >= 4 is 12.0 Å². The van der Waals surface area contributed by atoms with Crippen LogP contribution in [0.2, 0.25) is 0 Å². The fourth-order valence-corrected chi connectivity index (χ4v) is 3.29. The molecule has 0 bridgehead atoms. The van der Waals surface area contributed by atoms with Gasteiger partial charge in [-0.25, -0.2) is 4.79 Å². The Morgan fingerprint density at radius 2 is 1.84 bits per heavy atom. The van der Waals surface area contributed by atoms with E-state index in [1.165, 1.54) is 32.1 Å². The first-order valence-corrected chi connectivity index (χ1v) is 9.64. The quantitative estimate of drug-likeness (QED) is 0.561. The van der Waals surface area contributed by atoms with Gasteiger partial charge in [0.05, 0.1) is 5.92 Å². The zero-order valence-electron chi connectivity index (χ0n) is 16.1. The van der Waals surface area contributed by atoms with Crippen LogP contribution in [-0.2, 0) is 4.79 Å². The molecule has 3 N–H and O–H groups in total. The number of hydrogen-bond acceptors (Lipinski definition) is 3. The van der Waals surface area contributed by atoms with Crippen LogP contribution >= 0.6 is 0 Å². The zero-order chi connectivity index (χ0) is 18.9. The van der Waals surface area contributed by atoms with Gasteiger partial charge in [0, 0.05) is 26.2 Å². The van der Waals surface area contributed by atoms with Crippen molar-refractivity contribution in [2.75, 3.05) is 26.2 Å². The number of carboxylic acid groups (broad SMARTS) is 1. The van der Waals surface area contributed by atoms with Crippen LogP contribution in [0.4, 0.5) is 4.79 Å². The number of urea groups is 1. The van der Waals surface area contributed by atoms with Crippen molar-refractivity contribution in [1.29, 1.82) is 0 Å². The lowest BCUT2D eigenvalue weighted by molar-refractivity contribution is -0.144. The molecule has 0 radical (unpaired) electrons. The third-order valence-electron chi connectivity index (χ3n) is 5.64. The van der Waals surface area contributed by atoms with Crippen LogP contribution in [0.1, 0.15) is 65.7 Å². The molecule has 0 heterocycles. The first kappa shape index (κ1) is 21.7. The highest BCUT2D eigenvalue weighted by atomic mass is 16.4. The van der Waals surface area contributed by atoms with Crippen molar-refractivity contribution < 1.29 is 19.8 Å². The van der Waals surface area contributed by atoms with E-state index in [1.54, 1.807) is 11.8 Å². The number of aliphatic hydroxyl groups excluding tert-OH is 1. The standard InChI is InChI=1S/C19H36N2O4/c1-15(17(23)24)19(2,3)14-20-18(25)21(11-7-13-22)12-10-16-8-5-4-6-9-16/h15-16,22H,4-14H2,1-3H3,(H,20,25)(H,23,24)/t15-/m1/s1. The minimum absolute atomic E-state index is 0.0642. The second-order valence-electron chi connectivity index (χ2n) is 8.06. The number of hydrogen-bond donors (Lipinski definition) is 3. The molecule has 1 atom stereocenters. The van der Waals surface area contributed by atoms with E-state index in [-0.39, 0.29) is 12.6 Å². The zero-order valence-corrected chi connectivity index (χ0v) is 16.1. The van der Waals surface area contributed by atoms with E-state index in [1.807, 2.05) is 13.8 Å². The van der Waals surface area contributed by atoms with Crippen molar-refractivity contribution in [1.82, 2.24) is 10.2 Å². The summed E-state index contributed by atoms with van der Waals surface area (Å²) in [6, 6.07) is -0.157. The number of carbonyl (C=O) groups excluding carboxylic acids is 1. The van der Waals surface area contributed by atoms with Crippen LogP contribution in [-0.4, -0.2) is 53.4 Å². The Morgan fingerprint density at radius 3 is 2.40 bits per heavy atom. The van der Waals surface area contributed by atoms with Gasteiger partial charge in [0.2, 0.25) is 0 Å². The first-order chi connectivity index (χ1) is 11.8. The normalized spacial score (nSPS) is 17.1. The number of carbonyl (C=O) groups is 2. The molecule has 0 aliphatic heterocycles. The lowest BCUT2D eigenvalue weighted by Crippen LogP contribution is -2.47. The monoisotopic (exact) mass is 356 g/mol. The van der Waals surface area contributed by atoms with E-state index >= 15 is 0 Å². The Labute approximate surface area is 152 Å². The molecule has 146 valence electrons. The van der Waals surface area contributed by atoms with Crippen LogP contribution in [0.3, 0.4) is 0 Å². The summed E-state index contributed by atoms with van der Waals surface area (Å²) in [6.07, 6.45) is 7.96. The SMILES string of the molecule is C[C@H](C(=O)O)C(C)(C)CNC(=O)N(CCCO)CCC1CCCCC1. The fourth-order valence-electron chi connectivity index (χ4n) is 3.29. The number of nitrogens with zero attached hydrogens (tertiary/aromatic N) is 1. The molecule has 25 heavy (non-hydrogen) atoms. The van der Waals surface area contributed by atoms with E-state index in [0.717, 1.165) is 6.42 Å². The van der Waals surface area contributed by atoms with Gasteiger partial charge in [0.1, 0.15) is 0 Å². The van der Waals surface area contributed by atoms with Crippen molar-refractivity contribution in [2.45, 2.75) is 65.7 Å². The van der Waals surface area contributed by atoms with Crippen molar-refractivity contribution in [3.8, 4) is 0 Å². The number of carboxylic acids is 1. The van der Waals surface area contributed by atoms with Gasteiger partial charge in [-0.05, 0) is 24.2 Å². The molecule has 6 heteroatoms. The average Bonchev–Trinajstić information content (AvgIpc) is 2.60. The Hall–Kier alpha value is -1.30. The third kappa shape index (κ3) is 7.63. The third-order valence-corrected chi connectivity index (χ3v) is 5.64. The van der Waals surface area contributed by atoms with E-state index in [4.69, 9.17) is 5.11 Å². The lowest BCUT2D eigenvalue weighted by atomic mass is 9.80. The van der Waals surface area contributed by atoms with Crippen molar-refractivity contribution in [2.24, 2.45) is 17.3 Å². The summed E-state index contributed by atoms with van der Waals surface area (Å²) in [7, 11) is 0. The molecule has 1 aliphatic carbocycles. The Bertz CT molecular complexity index is 420. The van der Waals surface area contributed by atoms with Crippen molar-refractivity contribution in [3.63, 3.8) is 0 Å². The Kier molecular flexibility index (Phi) is 9.25. The maximum Gasteiger partial charge on any atom is 0.317 e. The molecule has 1 saturated carbocycles. The molecule has 0 aromatic carbocycles. The van der Waals surface area contributed by atoms with Gasteiger partial charge in [-0.2, -0.15) is 0 Å². The highest BCUT2D eigenvalue weighted by Gasteiger charge is 2.32. The molecule has 6 nitrogen and oxygen atoms in total. The number of nitrogens with one attached hydrogen (secondary N) is 1. The summed E-state index contributed by atoms with van der Waals surface area (Å²) in [4.78, 5) is 25.5. The highest BCUT2D eigenvalue weighted by Crippen LogP contribution is 2.27. The first-order valence-electron chi connectivity index (χ1n) is 9.64. The molecule has 2 amide bonds. The maximum absolute atomic E-state index is 12.5. The number of rotatable bonds is 10. The fraction of sp³-hybridized carbons (Fsp3) is 0.895. The second kappa shape index (κ2) is 10.6. The van der Waals surface area contributed by atoms with E-state index < -0.39 is 17.3 Å². The number of amides is 2. The van der Waals surface area contributed by atoms with Crippen molar-refractivity contribution in [3.05, 3.63) is 0 Å². The summed E-state index contributed by atoms with van der Waals surface area (Å²) in [5.74, 6) is -0.698. The van der Waals surface area contributed by atoms with Gasteiger partial charge in [-0.3, -0.25) is 4.79 Å². The van der Waals surface area contributed by atoms with Gasteiger partial charge < -0.3 is 20.4 Å². The van der Waals surface area contributed by atoms with E-state index in [0.29, 0.717) is 32.0 Å². The molecular weight excluding hydrogens is 320 g/mol. The van der Waals surface area contributed by atoms with Crippen LogP contribution in [0, 0.1) is 17.3 Å². The van der Waals surface area contributed by atoms with Gasteiger partial charge in [0.15, 0.2) is 0 Å². The summed E-state index contributed by atoms with van der Waals surface area (Å²) < 4.78 is 0. The number of aliphatic hydroxyl groups is 1. The highest BCUT2D eigenvalue weighted by molar-refractivity contribution is 5.74. The van der Waals surface area contributed by atoms with Crippen LogP contribution in [0.25, 0.3) is 0 Å². The molecule has 0 unspecified atom stereocenters. The van der Waals surface area contributed by atoms with Crippen LogP contribution in [0.15, 0.2) is 0 Å². The minimum atomic E-state index is -0.853. The summed E-state index contributed by atoms with van der Waals surface area (Å²) in [5.41, 5.74) is -0.520. The molecule has 0 spiro atoms. The molecule has 1 rings (SSSR count). The molecule has 0 saturated heterocycles. The van der Waals surface area contributed by atoms with Crippen LogP contribution in [0.5, 0.6) is 0 Å². The smallest absolute Gasteiger partial charge is 0.317 e. The number of aliphatic carboxylic acids is 1. The average molecular weight is 357 g/mol. The second-order valence-corrected chi connectivity index (χ2v) is 8.06. The lowest BCUT2D eigenvalue weighted by Gasteiger charge is -2.32. The molecule has 1 fully saturated rings. The maximum atomic E-state index is 12.5. The molecule has 0 aromatic heterocycles. The summed E-state index contributed by atoms with van der Waals surface area (Å²) >= 11 is 0. The predicted molar refractivity (Wildman–Crippen MR) is 98.4 cm³/mol. The van der Waals surface area contributed by atoms with Gasteiger partial charge in [-0.1, -0.05) is 52.9 Å². The van der Waals surface area contributed by atoms with Gasteiger partial charge >= 0.3 is 12.0 Å². The largest absolute Gasteiger partial charge is 0.481 e. The van der Waals surface area contributed by atoms with E-state index in [2.05, 4.69) is 5.32 Å². The molecular formula is C19H36N2O4. The van der Waals surface area contributed by atoms with Gasteiger partial charge in [-0.15, -0.1) is 0 Å². The molecule has 0 aromatic rings. The Morgan fingerprint density at radius 1 is 1.20 bits per heavy atom. The van der Waals surface area contributed by atoms with Gasteiger partial charge in [0.25, 0.3) is 0 Å². The summed E-state index contributed by atoms with van der Waals surface area (Å²) in [5, 5.41) is 21.2. The minimum Gasteiger partial charge on any atom is -0.481 e. The Balaban J connectivity index is 2.52.